The maximum Gasteiger partial charge on any atom is 0.264 e. The van der Waals surface area contributed by atoms with Crippen LogP contribution in [0.15, 0.2) is 108 Å². The molecule has 4 aromatic carbocycles. The van der Waals surface area contributed by atoms with Gasteiger partial charge in [-0.25, -0.2) is 8.42 Å². The van der Waals surface area contributed by atoms with Gasteiger partial charge in [-0.2, -0.15) is 0 Å². The lowest BCUT2D eigenvalue weighted by atomic mass is 10.0. The average Bonchev–Trinajstić information content (AvgIpc) is 3.02. The molecular weight excluding hydrogens is 629 g/mol. The maximum absolute atomic E-state index is 14.5. The van der Waals surface area contributed by atoms with Gasteiger partial charge in [0.05, 0.1) is 15.6 Å². The largest absolute Gasteiger partial charge is 0.354 e. The number of nitrogens with one attached hydrogen (secondary N) is 1. The van der Waals surface area contributed by atoms with E-state index in [1.54, 1.807) is 54.6 Å². The van der Waals surface area contributed by atoms with E-state index in [9.17, 15) is 18.0 Å². The first-order valence-corrected chi connectivity index (χ1v) is 17.0. The summed E-state index contributed by atoms with van der Waals surface area (Å²) in [6.45, 7) is 3.78. The predicted molar refractivity (Wildman–Crippen MR) is 181 cm³/mol. The number of carbonyl (C=O) groups excluding carboxylic acids is 2. The Morgan fingerprint density at radius 3 is 2.18 bits per heavy atom. The van der Waals surface area contributed by atoms with E-state index in [1.807, 2.05) is 50.2 Å². The number of sulfonamides is 1. The molecule has 0 saturated heterocycles. The van der Waals surface area contributed by atoms with Gasteiger partial charge >= 0.3 is 0 Å². The third-order valence-electron chi connectivity index (χ3n) is 7.35. The number of hydrogen-bond acceptors (Lipinski definition) is 4. The normalized spacial score (nSPS) is 11.9. The molecular formula is C35H37Cl2N3O4S. The van der Waals surface area contributed by atoms with E-state index in [0.717, 1.165) is 28.3 Å². The molecule has 4 rings (SSSR count). The Hall–Kier alpha value is -3.85. The summed E-state index contributed by atoms with van der Waals surface area (Å²) in [7, 11) is -4.24. The lowest BCUT2D eigenvalue weighted by Crippen LogP contribution is -2.53. The van der Waals surface area contributed by atoms with E-state index in [2.05, 4.69) is 5.32 Å². The summed E-state index contributed by atoms with van der Waals surface area (Å²) in [5.41, 5.74) is 2.59. The fourth-order valence-corrected chi connectivity index (χ4v) is 6.83. The highest BCUT2D eigenvalue weighted by molar-refractivity contribution is 7.92. The molecule has 4 aromatic rings. The zero-order valence-electron chi connectivity index (χ0n) is 25.3. The number of unbranched alkanes of at least 4 members (excludes halogenated alkanes) is 1. The van der Waals surface area contributed by atoms with Crippen molar-refractivity contribution < 1.29 is 18.0 Å². The molecule has 0 aliphatic heterocycles. The second-order valence-electron chi connectivity index (χ2n) is 10.8. The monoisotopic (exact) mass is 665 g/mol. The van der Waals surface area contributed by atoms with Crippen LogP contribution in [0.3, 0.4) is 0 Å². The highest BCUT2D eigenvalue weighted by Crippen LogP contribution is 2.31. The van der Waals surface area contributed by atoms with Gasteiger partial charge < -0.3 is 10.2 Å². The van der Waals surface area contributed by atoms with E-state index >= 15 is 0 Å². The molecule has 0 aliphatic carbocycles. The summed E-state index contributed by atoms with van der Waals surface area (Å²) < 4.78 is 29.3. The van der Waals surface area contributed by atoms with Crippen LogP contribution in [0.2, 0.25) is 10.0 Å². The molecule has 1 N–H and O–H groups in total. The van der Waals surface area contributed by atoms with Gasteiger partial charge in [0.15, 0.2) is 0 Å². The summed E-state index contributed by atoms with van der Waals surface area (Å²) in [6, 6.07) is 28.4. The van der Waals surface area contributed by atoms with Gasteiger partial charge in [0.1, 0.15) is 12.6 Å². The second-order valence-corrected chi connectivity index (χ2v) is 13.5. The molecule has 1 unspecified atom stereocenters. The molecule has 10 heteroatoms. The Labute approximate surface area is 275 Å². The highest BCUT2D eigenvalue weighted by Gasteiger charge is 2.35. The van der Waals surface area contributed by atoms with Crippen molar-refractivity contribution in [2.24, 2.45) is 0 Å². The quantitative estimate of drug-likeness (QED) is 0.146. The number of para-hydroxylation sites is 1. The minimum Gasteiger partial charge on any atom is -0.354 e. The van der Waals surface area contributed by atoms with Crippen LogP contribution in [0.5, 0.6) is 0 Å². The molecule has 236 valence electrons. The molecule has 0 bridgehead atoms. The van der Waals surface area contributed by atoms with Crippen molar-refractivity contribution in [3.05, 3.63) is 130 Å². The Bertz CT molecular complexity index is 1700. The van der Waals surface area contributed by atoms with Crippen LogP contribution in [-0.2, 0) is 32.6 Å². The number of hydrogen-bond donors (Lipinski definition) is 1. The summed E-state index contributed by atoms with van der Waals surface area (Å²) in [5.74, 6) is -0.898. The molecule has 0 radical (unpaired) electrons. The zero-order valence-corrected chi connectivity index (χ0v) is 27.7. The maximum atomic E-state index is 14.5. The van der Waals surface area contributed by atoms with Crippen molar-refractivity contribution in [3.8, 4) is 0 Å². The third-order valence-corrected chi connectivity index (χ3v) is 9.68. The Balaban J connectivity index is 1.80. The fraction of sp³-hybridized carbons (Fsp3) is 0.257. The van der Waals surface area contributed by atoms with Crippen LogP contribution in [0.25, 0.3) is 0 Å². The fourth-order valence-electron chi connectivity index (χ4n) is 4.90. The van der Waals surface area contributed by atoms with Gasteiger partial charge in [-0.3, -0.25) is 13.9 Å². The van der Waals surface area contributed by atoms with Gasteiger partial charge in [-0.1, -0.05) is 109 Å². The van der Waals surface area contributed by atoms with Crippen molar-refractivity contribution in [2.75, 3.05) is 17.4 Å². The summed E-state index contributed by atoms with van der Waals surface area (Å²) in [4.78, 5) is 29.7. The average molecular weight is 667 g/mol. The minimum atomic E-state index is -4.24. The first-order valence-electron chi connectivity index (χ1n) is 14.8. The smallest absolute Gasteiger partial charge is 0.264 e. The van der Waals surface area contributed by atoms with Crippen LogP contribution >= 0.6 is 23.2 Å². The van der Waals surface area contributed by atoms with Crippen LogP contribution in [0.1, 0.15) is 36.5 Å². The summed E-state index contributed by atoms with van der Waals surface area (Å²) in [6.07, 6.45) is 1.89. The van der Waals surface area contributed by atoms with Crippen LogP contribution in [0.4, 0.5) is 5.69 Å². The van der Waals surface area contributed by atoms with Crippen molar-refractivity contribution in [3.63, 3.8) is 0 Å². The Morgan fingerprint density at radius 1 is 0.844 bits per heavy atom. The third kappa shape index (κ3) is 9.10. The number of nitrogens with zero attached hydrogens (tertiary/aromatic N) is 2. The number of halogens is 2. The first kappa shape index (κ1) is 34.0. The number of rotatable bonds is 14. The Kier molecular flexibility index (Phi) is 12.0. The van der Waals surface area contributed by atoms with Crippen LogP contribution < -0.4 is 9.62 Å². The second kappa shape index (κ2) is 15.9. The molecule has 1 atom stereocenters. The topological polar surface area (TPSA) is 86.8 Å². The number of anilines is 1. The molecule has 2 amide bonds. The van der Waals surface area contributed by atoms with Crippen molar-refractivity contribution >= 4 is 50.7 Å². The van der Waals surface area contributed by atoms with E-state index < -0.39 is 28.5 Å². The van der Waals surface area contributed by atoms with E-state index in [1.165, 1.54) is 17.0 Å². The lowest BCUT2D eigenvalue weighted by Gasteiger charge is -2.34. The van der Waals surface area contributed by atoms with Gasteiger partial charge in [0.2, 0.25) is 11.8 Å². The molecule has 45 heavy (non-hydrogen) atoms. The van der Waals surface area contributed by atoms with E-state index in [0.29, 0.717) is 17.1 Å². The zero-order chi connectivity index (χ0) is 32.4. The van der Waals surface area contributed by atoms with Crippen LogP contribution in [-0.4, -0.2) is 44.3 Å². The van der Waals surface area contributed by atoms with Gasteiger partial charge in [-0.05, 0) is 60.9 Å². The number of benzene rings is 4. The molecule has 0 spiro atoms. The molecule has 0 fully saturated rings. The standard InChI is InChI=1S/C35H37Cl2N3O4S/c1-3-4-21-38-35(42)33(23-27-11-6-5-7-12-27)39(24-28-13-10-14-29(36)22-28)34(41)25-40(32-16-9-8-15-31(32)37)45(43,44)30-19-17-26(2)18-20-30/h5-20,22,33H,3-4,21,23-25H2,1-2H3,(H,38,42). The Morgan fingerprint density at radius 2 is 1.51 bits per heavy atom. The van der Waals surface area contributed by atoms with E-state index in [-0.39, 0.29) is 34.5 Å². The summed E-state index contributed by atoms with van der Waals surface area (Å²) >= 11 is 12.8. The van der Waals surface area contributed by atoms with Crippen molar-refractivity contribution in [1.29, 1.82) is 0 Å². The molecule has 0 aliphatic rings. The van der Waals surface area contributed by atoms with Crippen LogP contribution in [0, 0.1) is 6.92 Å². The predicted octanol–water partition coefficient (Wildman–Crippen LogP) is 7.05. The lowest BCUT2D eigenvalue weighted by molar-refractivity contribution is -0.140. The van der Waals surface area contributed by atoms with Crippen molar-refractivity contribution in [2.45, 2.75) is 50.6 Å². The van der Waals surface area contributed by atoms with Gasteiger partial charge in [0.25, 0.3) is 10.0 Å². The summed E-state index contributed by atoms with van der Waals surface area (Å²) in [5, 5.41) is 3.63. The molecule has 0 aromatic heterocycles. The first-order chi connectivity index (χ1) is 21.6. The van der Waals surface area contributed by atoms with Gasteiger partial charge in [0, 0.05) is 24.5 Å². The number of carbonyl (C=O) groups is 2. The SMILES string of the molecule is CCCCNC(=O)C(Cc1ccccc1)N(Cc1cccc(Cl)c1)C(=O)CN(c1ccccc1Cl)S(=O)(=O)c1ccc(C)cc1. The molecule has 7 nitrogen and oxygen atoms in total. The van der Waals surface area contributed by atoms with Crippen molar-refractivity contribution in [1.82, 2.24) is 10.2 Å². The minimum absolute atomic E-state index is 0.0142. The number of amides is 2. The highest BCUT2D eigenvalue weighted by atomic mass is 35.5. The van der Waals surface area contributed by atoms with E-state index in [4.69, 9.17) is 23.2 Å². The molecule has 0 saturated carbocycles. The molecule has 0 heterocycles. The van der Waals surface area contributed by atoms with Gasteiger partial charge in [-0.15, -0.1) is 0 Å². The number of aryl methyl sites for hydroxylation is 1.